The van der Waals surface area contributed by atoms with E-state index in [1.165, 1.54) is 24.0 Å². The second-order valence-electron chi connectivity index (χ2n) is 6.64. The molecule has 1 aromatic carbocycles. The predicted molar refractivity (Wildman–Crippen MR) is 93.2 cm³/mol. The Hall–Kier alpha value is -1.00. The van der Waals surface area contributed by atoms with E-state index in [0.29, 0.717) is 12.5 Å². The van der Waals surface area contributed by atoms with Crippen molar-refractivity contribution in [1.82, 2.24) is 10.6 Å². The third-order valence-corrected chi connectivity index (χ3v) is 5.97. The number of hydrogen-bond donors (Lipinski definition) is 2. The van der Waals surface area contributed by atoms with Crippen molar-refractivity contribution in [2.24, 2.45) is 0 Å². The fraction of sp³-hybridized carbons (Fsp3) is 0.611. The van der Waals surface area contributed by atoms with Crippen LogP contribution in [0.15, 0.2) is 24.3 Å². The lowest BCUT2D eigenvalue weighted by atomic mass is 9.87. The summed E-state index contributed by atoms with van der Waals surface area (Å²) in [6, 6.07) is 8.97. The van der Waals surface area contributed by atoms with Gasteiger partial charge in [-0.15, -0.1) is 0 Å². The van der Waals surface area contributed by atoms with Crippen LogP contribution in [0.3, 0.4) is 0 Å². The maximum atomic E-state index is 12.6. The maximum Gasteiger partial charge on any atom is 0.222 e. The molecule has 1 saturated carbocycles. The molecule has 0 spiro atoms. The first kappa shape index (κ1) is 15.9. The number of carbonyl (C=O) groups excluding carboxylic acids is 1. The fourth-order valence-corrected chi connectivity index (χ4v) is 4.65. The van der Waals surface area contributed by atoms with Crippen molar-refractivity contribution in [1.29, 1.82) is 0 Å². The molecule has 1 aliphatic carbocycles. The summed E-state index contributed by atoms with van der Waals surface area (Å²) < 4.78 is 0. The average molecular weight is 318 g/mol. The summed E-state index contributed by atoms with van der Waals surface area (Å²) in [7, 11) is 0. The number of hydrogen-bond acceptors (Lipinski definition) is 3. The van der Waals surface area contributed by atoms with Gasteiger partial charge in [0.1, 0.15) is 0 Å². The summed E-state index contributed by atoms with van der Waals surface area (Å²) in [6.45, 7) is 3.14. The van der Waals surface area contributed by atoms with Crippen LogP contribution in [0.5, 0.6) is 0 Å². The molecule has 0 bridgehead atoms. The van der Waals surface area contributed by atoms with Crippen LogP contribution in [-0.4, -0.2) is 30.0 Å². The highest BCUT2D eigenvalue weighted by molar-refractivity contribution is 7.99. The summed E-state index contributed by atoms with van der Waals surface area (Å²) >= 11 is 1.94. The van der Waals surface area contributed by atoms with E-state index >= 15 is 0 Å². The molecule has 1 heterocycles. The topological polar surface area (TPSA) is 41.1 Å². The third-order valence-electron chi connectivity index (χ3n) is 4.84. The zero-order valence-electron chi connectivity index (χ0n) is 13.4. The van der Waals surface area contributed by atoms with Crippen molar-refractivity contribution in [3.8, 4) is 0 Å². The van der Waals surface area contributed by atoms with Gasteiger partial charge < -0.3 is 10.6 Å². The smallest absolute Gasteiger partial charge is 0.222 e. The van der Waals surface area contributed by atoms with E-state index in [1.807, 2.05) is 11.8 Å². The molecule has 120 valence electrons. The van der Waals surface area contributed by atoms with Crippen molar-refractivity contribution >= 4 is 17.7 Å². The lowest BCUT2D eigenvalue weighted by Crippen LogP contribution is -2.47. The van der Waals surface area contributed by atoms with Gasteiger partial charge in [0.15, 0.2) is 0 Å². The number of benzene rings is 1. The first-order chi connectivity index (χ1) is 10.7. The molecular weight excluding hydrogens is 292 g/mol. The molecule has 22 heavy (non-hydrogen) atoms. The molecule has 4 heteroatoms. The molecule has 1 unspecified atom stereocenters. The molecule has 0 aromatic heterocycles. The number of nitrogens with one attached hydrogen (secondary N) is 2. The second kappa shape index (κ2) is 7.05. The van der Waals surface area contributed by atoms with Gasteiger partial charge in [0.05, 0.1) is 5.54 Å². The minimum absolute atomic E-state index is 0.134. The van der Waals surface area contributed by atoms with Crippen LogP contribution >= 0.6 is 11.8 Å². The van der Waals surface area contributed by atoms with Crippen molar-refractivity contribution in [2.75, 3.05) is 18.1 Å². The SMILES string of the molecule is Cc1cccc(C2(NC(=O)CC3CSCCN3)CCCC2)c1. The first-order valence-electron chi connectivity index (χ1n) is 8.37. The van der Waals surface area contributed by atoms with E-state index in [0.717, 1.165) is 30.9 Å². The Morgan fingerprint density at radius 2 is 2.23 bits per heavy atom. The van der Waals surface area contributed by atoms with Crippen molar-refractivity contribution in [3.63, 3.8) is 0 Å². The third kappa shape index (κ3) is 3.66. The summed E-state index contributed by atoms with van der Waals surface area (Å²) in [4.78, 5) is 12.6. The number of aryl methyl sites for hydroxylation is 1. The van der Waals surface area contributed by atoms with Gasteiger partial charge in [-0.3, -0.25) is 4.79 Å². The molecule has 1 aliphatic heterocycles. The van der Waals surface area contributed by atoms with Crippen LogP contribution in [0.2, 0.25) is 0 Å². The van der Waals surface area contributed by atoms with E-state index in [4.69, 9.17) is 0 Å². The van der Waals surface area contributed by atoms with Gasteiger partial charge in [0.25, 0.3) is 0 Å². The molecule has 1 aromatic rings. The molecule has 2 fully saturated rings. The zero-order valence-corrected chi connectivity index (χ0v) is 14.2. The Kier molecular flexibility index (Phi) is 5.09. The van der Waals surface area contributed by atoms with E-state index < -0.39 is 0 Å². The van der Waals surface area contributed by atoms with Crippen LogP contribution in [0, 0.1) is 6.92 Å². The van der Waals surface area contributed by atoms with Crippen LogP contribution in [0.1, 0.15) is 43.2 Å². The van der Waals surface area contributed by atoms with Crippen LogP contribution in [0.4, 0.5) is 0 Å². The molecule has 3 nitrogen and oxygen atoms in total. The first-order valence-corrected chi connectivity index (χ1v) is 9.53. The van der Waals surface area contributed by atoms with Crippen molar-refractivity contribution in [2.45, 2.75) is 50.6 Å². The molecule has 1 amide bonds. The van der Waals surface area contributed by atoms with Crippen LogP contribution in [-0.2, 0) is 10.3 Å². The normalized spacial score (nSPS) is 24.1. The predicted octanol–water partition coefficient (Wildman–Crippen LogP) is 2.98. The minimum atomic E-state index is -0.134. The second-order valence-corrected chi connectivity index (χ2v) is 7.79. The number of carbonyl (C=O) groups is 1. The molecule has 1 saturated heterocycles. The van der Waals surface area contributed by atoms with Gasteiger partial charge in [0, 0.05) is 30.5 Å². The summed E-state index contributed by atoms with van der Waals surface area (Å²) in [5.41, 5.74) is 2.41. The minimum Gasteiger partial charge on any atom is -0.347 e. The Balaban J connectivity index is 1.70. The Morgan fingerprint density at radius 1 is 1.41 bits per heavy atom. The number of rotatable bonds is 4. The summed E-state index contributed by atoms with van der Waals surface area (Å²) in [5, 5.41) is 6.85. The van der Waals surface area contributed by atoms with Gasteiger partial charge in [-0.25, -0.2) is 0 Å². The molecule has 1 atom stereocenters. The summed E-state index contributed by atoms with van der Waals surface area (Å²) in [6.07, 6.45) is 5.13. The van der Waals surface area contributed by atoms with E-state index in [2.05, 4.69) is 41.8 Å². The van der Waals surface area contributed by atoms with Gasteiger partial charge >= 0.3 is 0 Å². The molecular formula is C18H26N2OS. The van der Waals surface area contributed by atoms with E-state index in [-0.39, 0.29) is 11.4 Å². The highest BCUT2D eigenvalue weighted by Crippen LogP contribution is 2.39. The molecule has 3 rings (SSSR count). The monoisotopic (exact) mass is 318 g/mol. The fourth-order valence-electron chi connectivity index (χ4n) is 3.70. The highest BCUT2D eigenvalue weighted by Gasteiger charge is 2.37. The van der Waals surface area contributed by atoms with Gasteiger partial charge in [-0.05, 0) is 25.3 Å². The van der Waals surface area contributed by atoms with Crippen molar-refractivity contribution < 1.29 is 4.79 Å². The zero-order chi connectivity index (χ0) is 15.4. The van der Waals surface area contributed by atoms with E-state index in [1.54, 1.807) is 0 Å². The highest BCUT2D eigenvalue weighted by atomic mass is 32.2. The van der Waals surface area contributed by atoms with E-state index in [9.17, 15) is 4.79 Å². The Bertz CT molecular complexity index is 520. The van der Waals surface area contributed by atoms with Gasteiger partial charge in [0.2, 0.25) is 5.91 Å². The average Bonchev–Trinajstić information content (AvgIpc) is 2.98. The molecule has 2 N–H and O–H groups in total. The maximum absolute atomic E-state index is 12.6. The largest absolute Gasteiger partial charge is 0.347 e. The lowest BCUT2D eigenvalue weighted by molar-refractivity contribution is -0.123. The quantitative estimate of drug-likeness (QED) is 0.897. The number of amides is 1. The lowest BCUT2D eigenvalue weighted by Gasteiger charge is -2.32. The number of thioether (sulfide) groups is 1. The van der Waals surface area contributed by atoms with Gasteiger partial charge in [-0.2, -0.15) is 11.8 Å². The van der Waals surface area contributed by atoms with Crippen molar-refractivity contribution in [3.05, 3.63) is 35.4 Å². The Labute approximate surface area is 137 Å². The Morgan fingerprint density at radius 3 is 2.91 bits per heavy atom. The standard InChI is InChI=1S/C18H26N2OS/c1-14-5-4-6-15(11-14)18(7-2-3-8-18)20-17(21)12-16-13-22-10-9-19-16/h4-6,11,16,19H,2-3,7-10,12-13H2,1H3,(H,20,21). The van der Waals surface area contributed by atoms with Gasteiger partial charge in [-0.1, -0.05) is 42.7 Å². The molecule has 0 radical (unpaired) electrons. The van der Waals surface area contributed by atoms with Crippen LogP contribution < -0.4 is 10.6 Å². The summed E-state index contributed by atoms with van der Waals surface area (Å²) in [5.74, 6) is 2.40. The van der Waals surface area contributed by atoms with Crippen LogP contribution in [0.25, 0.3) is 0 Å². The molecule has 2 aliphatic rings.